The summed E-state index contributed by atoms with van der Waals surface area (Å²) >= 11 is 0. The normalized spacial score (nSPS) is 32.9. The first-order valence-corrected chi connectivity index (χ1v) is 3.81. The van der Waals surface area contributed by atoms with Gasteiger partial charge in [0, 0.05) is 0 Å². The van der Waals surface area contributed by atoms with Crippen molar-refractivity contribution in [3.63, 3.8) is 0 Å². The van der Waals surface area contributed by atoms with Crippen LogP contribution in [-0.4, -0.2) is 58.8 Å². The number of urea groups is 1. The summed E-state index contributed by atoms with van der Waals surface area (Å²) in [4.78, 5) is 13.5. The number of aliphatic hydroxyl groups is 2. The summed E-state index contributed by atoms with van der Waals surface area (Å²) in [7, 11) is 0. The maximum Gasteiger partial charge on any atom is 0.328 e. The second-order valence-electron chi connectivity index (χ2n) is 2.74. The van der Waals surface area contributed by atoms with Crippen LogP contribution in [0.1, 0.15) is 0 Å². The van der Waals surface area contributed by atoms with Gasteiger partial charge in [-0.25, -0.2) is 4.79 Å². The minimum atomic E-state index is -0.607. The van der Waals surface area contributed by atoms with Gasteiger partial charge in [-0.3, -0.25) is 9.80 Å². The van der Waals surface area contributed by atoms with Crippen molar-refractivity contribution in [1.29, 1.82) is 0 Å². The molecule has 0 aliphatic carbocycles. The van der Waals surface area contributed by atoms with Crippen LogP contribution in [0.5, 0.6) is 0 Å². The molecule has 2 aliphatic heterocycles. The lowest BCUT2D eigenvalue weighted by Gasteiger charge is -2.17. The van der Waals surface area contributed by atoms with Crippen molar-refractivity contribution in [3.05, 3.63) is 0 Å². The first-order valence-electron chi connectivity index (χ1n) is 3.81. The number of aliphatic hydroxyl groups excluding tert-OH is 2. The van der Waals surface area contributed by atoms with Gasteiger partial charge >= 0.3 is 6.03 Å². The molecule has 74 valence electrons. The van der Waals surface area contributed by atoms with Gasteiger partial charge in [0.25, 0.3) is 0 Å². The van der Waals surface area contributed by atoms with E-state index in [0.717, 1.165) is 9.80 Å². The molecule has 7 heteroatoms. The number of nitrogens with zero attached hydrogens (tertiary/aromatic N) is 2. The third kappa shape index (κ3) is 1.09. The lowest BCUT2D eigenvalue weighted by atomic mass is 10.5. The van der Waals surface area contributed by atoms with Crippen LogP contribution in [0.2, 0.25) is 0 Å². The largest absolute Gasteiger partial charge is 0.376 e. The van der Waals surface area contributed by atoms with Crippen molar-refractivity contribution in [2.45, 2.75) is 12.5 Å². The number of amides is 2. The zero-order chi connectivity index (χ0) is 9.42. The molecular formula is C6H10N2O5. The number of hydrogen-bond acceptors (Lipinski definition) is 5. The van der Waals surface area contributed by atoms with E-state index in [4.69, 9.17) is 19.7 Å². The predicted molar refractivity (Wildman–Crippen MR) is 37.9 cm³/mol. The highest BCUT2D eigenvalue weighted by Crippen LogP contribution is 2.27. The molecule has 2 heterocycles. The molecule has 2 saturated heterocycles. The minimum absolute atomic E-state index is 0.0651. The number of ether oxygens (including phenoxy) is 2. The summed E-state index contributed by atoms with van der Waals surface area (Å²) < 4.78 is 10.1. The van der Waals surface area contributed by atoms with Gasteiger partial charge < -0.3 is 19.7 Å². The summed E-state index contributed by atoms with van der Waals surface area (Å²) in [6.45, 7) is -0.824. The molecule has 0 aromatic carbocycles. The van der Waals surface area contributed by atoms with Crippen molar-refractivity contribution >= 4 is 6.03 Å². The molecule has 7 nitrogen and oxygen atoms in total. The predicted octanol–water partition coefficient (Wildman–Crippen LogP) is -1.72. The van der Waals surface area contributed by atoms with E-state index in [-0.39, 0.29) is 6.79 Å². The molecule has 0 spiro atoms. The summed E-state index contributed by atoms with van der Waals surface area (Å²) in [5.74, 6) is 0. The molecule has 0 saturated carbocycles. The summed E-state index contributed by atoms with van der Waals surface area (Å²) in [6, 6.07) is -0.486. The van der Waals surface area contributed by atoms with E-state index in [1.807, 2.05) is 0 Å². The molecule has 2 atom stereocenters. The van der Waals surface area contributed by atoms with Crippen LogP contribution < -0.4 is 0 Å². The molecule has 2 aliphatic rings. The molecular weight excluding hydrogens is 180 g/mol. The molecule has 0 radical (unpaired) electrons. The Balaban J connectivity index is 2.20. The van der Waals surface area contributed by atoms with Gasteiger partial charge in [-0.1, -0.05) is 0 Å². The minimum Gasteiger partial charge on any atom is -0.376 e. The average Bonchev–Trinajstić information content (AvgIpc) is 2.64. The number of carbonyl (C=O) groups excluding carboxylic acids is 1. The van der Waals surface area contributed by atoms with Gasteiger partial charge in [0.05, 0.1) is 0 Å². The van der Waals surface area contributed by atoms with Gasteiger partial charge in [0.1, 0.15) is 13.5 Å². The Morgan fingerprint density at radius 2 is 1.69 bits per heavy atom. The summed E-state index contributed by atoms with van der Waals surface area (Å²) in [5, 5.41) is 17.7. The zero-order valence-corrected chi connectivity index (χ0v) is 6.79. The Morgan fingerprint density at radius 1 is 1.23 bits per heavy atom. The second kappa shape index (κ2) is 3.11. The molecule has 2 unspecified atom stereocenters. The standard InChI is InChI=1S/C6H10N2O5/c9-1-7-4-5(13-3-12-4)8(2-10)6(7)11/h4-5,9-10H,1-3H2. The Kier molecular flexibility index (Phi) is 2.08. The van der Waals surface area contributed by atoms with Gasteiger partial charge in [0.15, 0.2) is 19.2 Å². The molecule has 0 bridgehead atoms. The van der Waals surface area contributed by atoms with Crippen LogP contribution in [0.15, 0.2) is 0 Å². The monoisotopic (exact) mass is 190 g/mol. The molecule has 0 aromatic heterocycles. The van der Waals surface area contributed by atoms with E-state index in [2.05, 4.69) is 0 Å². The maximum absolute atomic E-state index is 11.4. The fourth-order valence-corrected chi connectivity index (χ4v) is 1.50. The van der Waals surface area contributed by atoms with Crippen LogP contribution in [-0.2, 0) is 9.47 Å². The van der Waals surface area contributed by atoms with Gasteiger partial charge in [-0.05, 0) is 0 Å². The smallest absolute Gasteiger partial charge is 0.328 e. The molecule has 13 heavy (non-hydrogen) atoms. The SMILES string of the molecule is O=C1N(CO)C2OCOC2N1CO. The van der Waals surface area contributed by atoms with E-state index in [1.54, 1.807) is 0 Å². The van der Waals surface area contributed by atoms with Crippen LogP contribution >= 0.6 is 0 Å². The van der Waals surface area contributed by atoms with Crippen molar-refractivity contribution < 1.29 is 24.5 Å². The Labute approximate surface area is 74.0 Å². The number of fused-ring (bicyclic) bond motifs is 1. The van der Waals surface area contributed by atoms with Crippen LogP contribution in [0.4, 0.5) is 4.79 Å². The summed E-state index contributed by atoms with van der Waals surface area (Å²) in [5.41, 5.74) is 0. The Morgan fingerprint density at radius 3 is 2.08 bits per heavy atom. The first-order chi connectivity index (χ1) is 6.29. The van der Waals surface area contributed by atoms with E-state index < -0.39 is 31.9 Å². The maximum atomic E-state index is 11.4. The van der Waals surface area contributed by atoms with Crippen LogP contribution in [0.25, 0.3) is 0 Å². The van der Waals surface area contributed by atoms with E-state index in [0.29, 0.717) is 0 Å². The molecule has 2 rings (SSSR count). The van der Waals surface area contributed by atoms with Crippen molar-refractivity contribution in [1.82, 2.24) is 9.80 Å². The average molecular weight is 190 g/mol. The van der Waals surface area contributed by atoms with Crippen molar-refractivity contribution in [3.8, 4) is 0 Å². The topological polar surface area (TPSA) is 82.5 Å². The Hall–Kier alpha value is -0.890. The van der Waals surface area contributed by atoms with Crippen LogP contribution in [0, 0.1) is 0 Å². The third-order valence-electron chi connectivity index (χ3n) is 2.13. The highest BCUT2D eigenvalue weighted by atomic mass is 16.7. The van der Waals surface area contributed by atoms with Gasteiger partial charge in [-0.2, -0.15) is 0 Å². The second-order valence-corrected chi connectivity index (χ2v) is 2.74. The molecule has 2 fully saturated rings. The number of carbonyl (C=O) groups is 1. The van der Waals surface area contributed by atoms with Gasteiger partial charge in [0.2, 0.25) is 0 Å². The summed E-state index contributed by atoms with van der Waals surface area (Å²) in [6.07, 6.45) is -1.21. The van der Waals surface area contributed by atoms with Crippen molar-refractivity contribution in [2.24, 2.45) is 0 Å². The van der Waals surface area contributed by atoms with E-state index in [9.17, 15) is 4.79 Å². The third-order valence-corrected chi connectivity index (χ3v) is 2.13. The fourth-order valence-electron chi connectivity index (χ4n) is 1.50. The highest BCUT2D eigenvalue weighted by molar-refractivity contribution is 5.77. The molecule has 2 N–H and O–H groups in total. The molecule has 0 aromatic rings. The van der Waals surface area contributed by atoms with Crippen molar-refractivity contribution in [2.75, 3.05) is 20.3 Å². The quantitative estimate of drug-likeness (QED) is 0.541. The lowest BCUT2D eigenvalue weighted by Crippen LogP contribution is -2.37. The van der Waals surface area contributed by atoms with E-state index >= 15 is 0 Å². The number of rotatable bonds is 2. The van der Waals surface area contributed by atoms with E-state index in [1.165, 1.54) is 0 Å². The lowest BCUT2D eigenvalue weighted by molar-refractivity contribution is -0.0388. The Bertz CT molecular complexity index is 203. The first kappa shape index (κ1) is 8.70. The highest BCUT2D eigenvalue weighted by Gasteiger charge is 2.50. The number of hydrogen-bond donors (Lipinski definition) is 2. The zero-order valence-electron chi connectivity index (χ0n) is 6.79. The van der Waals surface area contributed by atoms with Crippen LogP contribution in [0.3, 0.4) is 0 Å². The fraction of sp³-hybridized carbons (Fsp3) is 0.833. The molecule has 2 amide bonds. The van der Waals surface area contributed by atoms with Gasteiger partial charge in [-0.15, -0.1) is 0 Å².